The van der Waals surface area contributed by atoms with Crippen LogP contribution in [0.2, 0.25) is 5.02 Å². The Balaban J connectivity index is 1.81. The van der Waals surface area contributed by atoms with Gasteiger partial charge in [-0.3, -0.25) is 13.9 Å². The summed E-state index contributed by atoms with van der Waals surface area (Å²) in [6.07, 6.45) is 0.212. The van der Waals surface area contributed by atoms with Crippen molar-refractivity contribution in [1.82, 2.24) is 10.2 Å². The van der Waals surface area contributed by atoms with Gasteiger partial charge in [-0.25, -0.2) is 8.42 Å². The van der Waals surface area contributed by atoms with Gasteiger partial charge in [0.25, 0.3) is 10.0 Å². The molecule has 4 rings (SSSR count). The van der Waals surface area contributed by atoms with Crippen molar-refractivity contribution in [2.24, 2.45) is 0 Å². The zero-order valence-electron chi connectivity index (χ0n) is 24.9. The molecule has 4 aromatic rings. The monoisotopic (exact) mass is 633 g/mol. The molecule has 0 spiro atoms. The van der Waals surface area contributed by atoms with Crippen LogP contribution in [0.5, 0.6) is 5.75 Å². The minimum absolute atomic E-state index is 0.0106. The van der Waals surface area contributed by atoms with Gasteiger partial charge in [0.1, 0.15) is 18.3 Å². The summed E-state index contributed by atoms with van der Waals surface area (Å²) in [5, 5.41) is 3.37. The average molecular weight is 634 g/mol. The highest BCUT2D eigenvalue weighted by molar-refractivity contribution is 7.92. The molecular formula is C34H36ClN3O5S. The molecule has 10 heteroatoms. The quantitative estimate of drug-likeness (QED) is 0.204. The summed E-state index contributed by atoms with van der Waals surface area (Å²) < 4.78 is 34.4. The number of hydrogen-bond acceptors (Lipinski definition) is 5. The maximum atomic E-state index is 14.4. The summed E-state index contributed by atoms with van der Waals surface area (Å²) >= 11 is 6.53. The van der Waals surface area contributed by atoms with Crippen LogP contribution >= 0.6 is 11.6 Å². The van der Waals surface area contributed by atoms with Gasteiger partial charge < -0.3 is 15.0 Å². The fourth-order valence-corrected chi connectivity index (χ4v) is 6.37. The third kappa shape index (κ3) is 8.18. The van der Waals surface area contributed by atoms with Crippen molar-refractivity contribution in [1.29, 1.82) is 0 Å². The zero-order chi connectivity index (χ0) is 31.7. The van der Waals surface area contributed by atoms with Crippen LogP contribution < -0.4 is 14.4 Å². The second kappa shape index (κ2) is 14.9. The van der Waals surface area contributed by atoms with Crippen LogP contribution in [0.4, 0.5) is 5.69 Å². The molecular weight excluding hydrogens is 598 g/mol. The normalized spacial score (nSPS) is 11.9. The van der Waals surface area contributed by atoms with E-state index in [0.717, 1.165) is 9.87 Å². The van der Waals surface area contributed by atoms with Crippen molar-refractivity contribution in [3.05, 3.63) is 125 Å². The molecule has 0 aliphatic rings. The summed E-state index contributed by atoms with van der Waals surface area (Å²) in [6, 6.07) is 29.6. The number of amides is 2. The van der Waals surface area contributed by atoms with Crippen molar-refractivity contribution in [2.45, 2.75) is 43.8 Å². The van der Waals surface area contributed by atoms with Crippen LogP contribution in [0.1, 0.15) is 25.0 Å². The summed E-state index contributed by atoms with van der Waals surface area (Å²) in [6.45, 7) is 3.11. The predicted octanol–water partition coefficient (Wildman–Crippen LogP) is 5.71. The van der Waals surface area contributed by atoms with Gasteiger partial charge in [0.15, 0.2) is 0 Å². The third-order valence-corrected chi connectivity index (χ3v) is 9.13. The Labute approximate surface area is 264 Å². The molecule has 0 aliphatic heterocycles. The number of carbonyl (C=O) groups is 2. The van der Waals surface area contributed by atoms with Crippen LogP contribution in [0, 0.1) is 0 Å². The topological polar surface area (TPSA) is 96.0 Å². The molecule has 1 unspecified atom stereocenters. The first-order valence-electron chi connectivity index (χ1n) is 14.2. The Morgan fingerprint density at radius 2 is 1.43 bits per heavy atom. The molecule has 8 nitrogen and oxygen atoms in total. The van der Waals surface area contributed by atoms with Gasteiger partial charge in [-0.2, -0.15) is 0 Å². The molecule has 0 heterocycles. The van der Waals surface area contributed by atoms with E-state index in [1.54, 1.807) is 66.7 Å². The highest BCUT2D eigenvalue weighted by Gasteiger charge is 2.35. The average Bonchev–Trinajstić information content (AvgIpc) is 3.03. The summed E-state index contributed by atoms with van der Waals surface area (Å²) in [7, 11) is -2.68. The smallest absolute Gasteiger partial charge is 0.264 e. The highest BCUT2D eigenvalue weighted by atomic mass is 35.5. The molecule has 4 aromatic carbocycles. The number of halogens is 1. The Hall–Kier alpha value is -4.34. The Kier molecular flexibility index (Phi) is 11.0. The van der Waals surface area contributed by atoms with E-state index < -0.39 is 28.5 Å². The molecule has 2 amide bonds. The fraction of sp³-hybridized carbons (Fsp3) is 0.235. The molecule has 230 valence electrons. The predicted molar refractivity (Wildman–Crippen MR) is 173 cm³/mol. The number of methoxy groups -OCH3 is 1. The molecule has 0 aliphatic carbocycles. The number of benzene rings is 4. The number of nitrogens with zero attached hydrogens (tertiary/aromatic N) is 2. The zero-order valence-corrected chi connectivity index (χ0v) is 26.5. The molecule has 0 saturated carbocycles. The van der Waals surface area contributed by atoms with E-state index >= 15 is 0 Å². The number of rotatable bonds is 13. The van der Waals surface area contributed by atoms with E-state index in [2.05, 4.69) is 5.32 Å². The minimum atomic E-state index is -4.19. The van der Waals surface area contributed by atoms with Gasteiger partial charge in [0.05, 0.1) is 17.7 Å². The van der Waals surface area contributed by atoms with Gasteiger partial charge in [-0.15, -0.1) is 0 Å². The van der Waals surface area contributed by atoms with E-state index in [0.29, 0.717) is 16.3 Å². The molecule has 1 N–H and O–H groups in total. The minimum Gasteiger partial charge on any atom is -0.497 e. The number of sulfonamides is 1. The van der Waals surface area contributed by atoms with E-state index in [4.69, 9.17) is 16.3 Å². The van der Waals surface area contributed by atoms with Gasteiger partial charge in [0.2, 0.25) is 11.8 Å². The summed E-state index contributed by atoms with van der Waals surface area (Å²) in [4.78, 5) is 29.6. The van der Waals surface area contributed by atoms with Crippen LogP contribution in [0.25, 0.3) is 0 Å². The van der Waals surface area contributed by atoms with E-state index in [9.17, 15) is 18.0 Å². The van der Waals surface area contributed by atoms with Crippen molar-refractivity contribution in [3.63, 3.8) is 0 Å². The number of hydrogen-bond donors (Lipinski definition) is 1. The summed E-state index contributed by atoms with van der Waals surface area (Å²) in [5.41, 5.74) is 1.74. The maximum absolute atomic E-state index is 14.4. The second-order valence-corrected chi connectivity index (χ2v) is 12.8. The Morgan fingerprint density at radius 1 is 0.841 bits per heavy atom. The molecule has 44 heavy (non-hydrogen) atoms. The standard InChI is InChI=1S/C34H36ClN3O5S/c1-25(2)36-34(40)32(22-26-12-6-4-7-13-26)37(23-27-14-10-11-17-31(27)35)33(39)24-38(28-18-20-29(43-3)21-19-28)44(41,42)30-15-8-5-9-16-30/h4-21,25,32H,22-24H2,1-3H3,(H,36,40). The van der Waals surface area contributed by atoms with Crippen molar-refractivity contribution in [3.8, 4) is 5.75 Å². The molecule has 1 atom stereocenters. The Bertz CT molecular complexity index is 1650. The van der Waals surface area contributed by atoms with E-state index in [1.807, 2.05) is 44.2 Å². The lowest BCUT2D eigenvalue weighted by atomic mass is 10.0. The lowest BCUT2D eigenvalue weighted by molar-refractivity contribution is -0.140. The number of anilines is 1. The number of ether oxygens (including phenoxy) is 1. The van der Waals surface area contributed by atoms with Crippen LogP contribution in [0.3, 0.4) is 0 Å². The molecule has 0 bridgehead atoms. The van der Waals surface area contributed by atoms with Crippen LogP contribution in [-0.2, 0) is 32.6 Å². The summed E-state index contributed by atoms with van der Waals surface area (Å²) in [5.74, 6) is -0.392. The highest BCUT2D eigenvalue weighted by Crippen LogP contribution is 2.27. The second-order valence-electron chi connectivity index (χ2n) is 10.5. The van der Waals surface area contributed by atoms with Crippen LogP contribution in [-0.4, -0.2) is 50.9 Å². The van der Waals surface area contributed by atoms with Crippen molar-refractivity contribution >= 4 is 39.1 Å². The first-order valence-corrected chi connectivity index (χ1v) is 16.0. The third-order valence-electron chi connectivity index (χ3n) is 6.97. The van der Waals surface area contributed by atoms with Crippen LogP contribution in [0.15, 0.2) is 114 Å². The SMILES string of the molecule is COc1ccc(N(CC(=O)N(Cc2ccccc2Cl)C(Cc2ccccc2)C(=O)NC(C)C)S(=O)(=O)c2ccccc2)cc1. The number of carbonyl (C=O) groups excluding carboxylic acids is 2. The van der Waals surface area contributed by atoms with Gasteiger partial charge in [0, 0.05) is 24.0 Å². The van der Waals surface area contributed by atoms with Gasteiger partial charge >= 0.3 is 0 Å². The molecule has 0 radical (unpaired) electrons. The fourth-order valence-electron chi connectivity index (χ4n) is 4.74. The lowest BCUT2D eigenvalue weighted by Gasteiger charge is -2.34. The molecule has 0 saturated heterocycles. The number of nitrogens with one attached hydrogen (secondary N) is 1. The first-order chi connectivity index (χ1) is 21.1. The first kappa shape index (κ1) is 32.6. The van der Waals surface area contributed by atoms with Gasteiger partial charge in [-0.05, 0) is 67.4 Å². The molecule has 0 aromatic heterocycles. The van der Waals surface area contributed by atoms with Gasteiger partial charge in [-0.1, -0.05) is 78.3 Å². The van der Waals surface area contributed by atoms with Crippen molar-refractivity contribution in [2.75, 3.05) is 18.0 Å². The molecule has 0 fully saturated rings. The van der Waals surface area contributed by atoms with E-state index in [-0.39, 0.29) is 35.5 Å². The maximum Gasteiger partial charge on any atom is 0.264 e. The van der Waals surface area contributed by atoms with E-state index in [1.165, 1.54) is 24.1 Å². The van der Waals surface area contributed by atoms with Crippen molar-refractivity contribution < 1.29 is 22.7 Å². The largest absolute Gasteiger partial charge is 0.497 e. The Morgan fingerprint density at radius 3 is 2.02 bits per heavy atom. The lowest BCUT2D eigenvalue weighted by Crippen LogP contribution is -2.54.